The maximum Gasteiger partial charge on any atom is 0.106 e. The second-order valence-electron chi connectivity index (χ2n) is 3.16. The van der Waals surface area contributed by atoms with Gasteiger partial charge in [0.15, 0.2) is 0 Å². The minimum Gasteiger partial charge on any atom is -0.399 e. The molecule has 0 radical (unpaired) electrons. The summed E-state index contributed by atoms with van der Waals surface area (Å²) in [6.45, 7) is 4.02. The van der Waals surface area contributed by atoms with E-state index in [0.717, 1.165) is 31.4 Å². The minimum atomic E-state index is 0.173. The van der Waals surface area contributed by atoms with Crippen LogP contribution in [0.15, 0.2) is 5.16 Å². The van der Waals surface area contributed by atoms with Crippen molar-refractivity contribution in [2.75, 3.05) is 7.11 Å². The lowest BCUT2D eigenvalue weighted by atomic mass is 9.98. The molecular formula is C10H18N2O. The first-order valence-electron chi connectivity index (χ1n) is 4.70. The summed E-state index contributed by atoms with van der Waals surface area (Å²) in [6, 6.07) is 2.30. The molecule has 0 aromatic rings. The molecule has 0 spiro atoms. The average molecular weight is 182 g/mol. The van der Waals surface area contributed by atoms with Gasteiger partial charge < -0.3 is 4.84 Å². The van der Waals surface area contributed by atoms with Crippen molar-refractivity contribution in [2.24, 2.45) is 11.1 Å². The topological polar surface area (TPSA) is 45.4 Å². The SMILES string of the molecule is CCCC(C#N)CCC(C)=NOC. The van der Waals surface area contributed by atoms with Crippen LogP contribution in [0.25, 0.3) is 0 Å². The van der Waals surface area contributed by atoms with E-state index in [0.29, 0.717) is 0 Å². The fourth-order valence-corrected chi connectivity index (χ4v) is 1.21. The van der Waals surface area contributed by atoms with Gasteiger partial charge in [0.1, 0.15) is 7.11 Å². The summed E-state index contributed by atoms with van der Waals surface area (Å²) in [5.74, 6) is 0.173. The predicted molar refractivity (Wildman–Crippen MR) is 53.4 cm³/mol. The number of oxime groups is 1. The maximum atomic E-state index is 8.78. The molecule has 0 saturated heterocycles. The molecule has 0 N–H and O–H groups in total. The van der Waals surface area contributed by atoms with E-state index in [-0.39, 0.29) is 5.92 Å². The molecule has 13 heavy (non-hydrogen) atoms. The van der Waals surface area contributed by atoms with Crippen LogP contribution in [-0.4, -0.2) is 12.8 Å². The smallest absolute Gasteiger partial charge is 0.106 e. The van der Waals surface area contributed by atoms with E-state index in [4.69, 9.17) is 5.26 Å². The monoisotopic (exact) mass is 182 g/mol. The summed E-state index contributed by atoms with van der Waals surface area (Å²) in [5, 5.41) is 12.6. The van der Waals surface area contributed by atoms with Gasteiger partial charge in [0, 0.05) is 5.92 Å². The molecule has 0 aromatic carbocycles. The molecule has 0 aromatic heterocycles. The molecular weight excluding hydrogens is 164 g/mol. The number of nitriles is 1. The van der Waals surface area contributed by atoms with Gasteiger partial charge in [-0.3, -0.25) is 0 Å². The normalized spacial score (nSPS) is 13.5. The number of hydrogen-bond acceptors (Lipinski definition) is 3. The van der Waals surface area contributed by atoms with Gasteiger partial charge in [-0.1, -0.05) is 18.5 Å². The highest BCUT2D eigenvalue weighted by Crippen LogP contribution is 2.12. The summed E-state index contributed by atoms with van der Waals surface area (Å²) in [6.07, 6.45) is 3.80. The Kier molecular flexibility index (Phi) is 6.99. The highest BCUT2D eigenvalue weighted by Gasteiger charge is 2.06. The average Bonchev–Trinajstić information content (AvgIpc) is 2.12. The molecule has 0 rings (SSSR count). The second-order valence-corrected chi connectivity index (χ2v) is 3.16. The van der Waals surface area contributed by atoms with E-state index in [1.165, 1.54) is 7.11 Å². The van der Waals surface area contributed by atoms with Crippen LogP contribution in [0.2, 0.25) is 0 Å². The van der Waals surface area contributed by atoms with Crippen molar-refractivity contribution in [3.05, 3.63) is 0 Å². The second kappa shape index (κ2) is 7.60. The van der Waals surface area contributed by atoms with Crippen molar-refractivity contribution in [2.45, 2.75) is 39.5 Å². The molecule has 0 amide bonds. The van der Waals surface area contributed by atoms with Gasteiger partial charge in [0.2, 0.25) is 0 Å². The van der Waals surface area contributed by atoms with E-state index in [1.54, 1.807) is 0 Å². The van der Waals surface area contributed by atoms with Crippen molar-refractivity contribution in [1.29, 1.82) is 5.26 Å². The Balaban J connectivity index is 3.73. The third-order valence-corrected chi connectivity index (χ3v) is 1.92. The van der Waals surface area contributed by atoms with E-state index >= 15 is 0 Å². The first-order chi connectivity index (χ1) is 6.24. The van der Waals surface area contributed by atoms with Crippen molar-refractivity contribution in [3.8, 4) is 6.07 Å². The highest BCUT2D eigenvalue weighted by molar-refractivity contribution is 5.81. The summed E-state index contributed by atoms with van der Waals surface area (Å²) in [4.78, 5) is 4.63. The summed E-state index contributed by atoms with van der Waals surface area (Å²) in [7, 11) is 1.54. The fraction of sp³-hybridized carbons (Fsp3) is 0.800. The van der Waals surface area contributed by atoms with Crippen LogP contribution in [0.1, 0.15) is 39.5 Å². The van der Waals surface area contributed by atoms with Gasteiger partial charge in [0.05, 0.1) is 11.8 Å². The van der Waals surface area contributed by atoms with E-state index < -0.39 is 0 Å². The van der Waals surface area contributed by atoms with Crippen LogP contribution in [0.5, 0.6) is 0 Å². The molecule has 0 aliphatic rings. The zero-order valence-corrected chi connectivity index (χ0v) is 8.71. The third-order valence-electron chi connectivity index (χ3n) is 1.92. The zero-order chi connectivity index (χ0) is 10.1. The van der Waals surface area contributed by atoms with Gasteiger partial charge in [-0.2, -0.15) is 5.26 Å². The van der Waals surface area contributed by atoms with Crippen LogP contribution >= 0.6 is 0 Å². The minimum absolute atomic E-state index is 0.173. The van der Waals surface area contributed by atoms with Crippen molar-refractivity contribution < 1.29 is 4.84 Å². The first-order valence-corrected chi connectivity index (χ1v) is 4.70. The number of hydrogen-bond donors (Lipinski definition) is 0. The van der Waals surface area contributed by atoms with Gasteiger partial charge in [-0.25, -0.2) is 0 Å². The lowest BCUT2D eigenvalue weighted by Crippen LogP contribution is -2.01. The Labute approximate surface area is 80.4 Å². The first kappa shape index (κ1) is 12.0. The Morgan fingerprint density at radius 3 is 2.69 bits per heavy atom. The molecule has 1 atom stereocenters. The molecule has 0 heterocycles. The number of nitrogens with zero attached hydrogens (tertiary/aromatic N) is 2. The Morgan fingerprint density at radius 1 is 1.54 bits per heavy atom. The maximum absolute atomic E-state index is 8.78. The lowest BCUT2D eigenvalue weighted by Gasteiger charge is -2.05. The standard InChI is InChI=1S/C10H18N2O/c1-4-5-10(8-11)7-6-9(2)12-13-3/h10H,4-7H2,1-3H3. The molecule has 0 bridgehead atoms. The quantitative estimate of drug-likeness (QED) is 0.468. The molecule has 3 heteroatoms. The van der Waals surface area contributed by atoms with Gasteiger partial charge in [-0.15, -0.1) is 0 Å². The van der Waals surface area contributed by atoms with Crippen LogP contribution in [0.3, 0.4) is 0 Å². The Hall–Kier alpha value is -1.04. The molecule has 74 valence electrons. The van der Waals surface area contributed by atoms with Gasteiger partial charge in [-0.05, 0) is 26.2 Å². The summed E-state index contributed by atoms with van der Waals surface area (Å²) < 4.78 is 0. The molecule has 3 nitrogen and oxygen atoms in total. The molecule has 0 fully saturated rings. The molecule has 0 saturated carbocycles. The summed E-state index contributed by atoms with van der Waals surface area (Å²) in [5.41, 5.74) is 0.957. The largest absolute Gasteiger partial charge is 0.399 e. The van der Waals surface area contributed by atoms with Crippen LogP contribution < -0.4 is 0 Å². The molecule has 1 unspecified atom stereocenters. The van der Waals surface area contributed by atoms with Gasteiger partial charge in [0.25, 0.3) is 0 Å². The Bertz CT molecular complexity index is 194. The van der Waals surface area contributed by atoms with E-state index in [1.807, 2.05) is 6.92 Å². The van der Waals surface area contributed by atoms with Crippen molar-refractivity contribution in [1.82, 2.24) is 0 Å². The predicted octanol–water partition coefficient (Wildman–Crippen LogP) is 2.73. The Morgan fingerprint density at radius 2 is 2.23 bits per heavy atom. The van der Waals surface area contributed by atoms with E-state index in [2.05, 4.69) is 23.0 Å². The third kappa shape index (κ3) is 6.15. The lowest BCUT2D eigenvalue weighted by molar-refractivity contribution is 0.212. The number of rotatable bonds is 6. The van der Waals surface area contributed by atoms with Crippen LogP contribution in [-0.2, 0) is 4.84 Å². The summed E-state index contributed by atoms with van der Waals surface area (Å²) >= 11 is 0. The van der Waals surface area contributed by atoms with Crippen molar-refractivity contribution in [3.63, 3.8) is 0 Å². The molecule has 0 aliphatic carbocycles. The highest BCUT2D eigenvalue weighted by atomic mass is 16.6. The zero-order valence-electron chi connectivity index (χ0n) is 8.71. The van der Waals surface area contributed by atoms with E-state index in [9.17, 15) is 0 Å². The van der Waals surface area contributed by atoms with Gasteiger partial charge >= 0.3 is 0 Å². The van der Waals surface area contributed by atoms with Crippen LogP contribution in [0, 0.1) is 17.2 Å². The fourth-order valence-electron chi connectivity index (χ4n) is 1.21. The van der Waals surface area contributed by atoms with Crippen LogP contribution in [0.4, 0.5) is 0 Å². The van der Waals surface area contributed by atoms with Crippen molar-refractivity contribution >= 4 is 5.71 Å². The molecule has 0 aliphatic heterocycles.